The number of carbonyl (C=O) groups excluding carboxylic acids is 1. The highest BCUT2D eigenvalue weighted by Gasteiger charge is 2.24. The van der Waals surface area contributed by atoms with Crippen molar-refractivity contribution in [3.8, 4) is 0 Å². The highest BCUT2D eigenvalue weighted by atomic mass is 32.1. The summed E-state index contributed by atoms with van der Waals surface area (Å²) in [5.41, 5.74) is 2.87. The molecule has 1 atom stereocenters. The molecule has 0 aromatic carbocycles. The van der Waals surface area contributed by atoms with Gasteiger partial charge in [0.2, 0.25) is 5.91 Å². The molecule has 0 radical (unpaired) electrons. The Labute approximate surface area is 158 Å². The van der Waals surface area contributed by atoms with Crippen LogP contribution in [0.25, 0.3) is 0 Å². The Kier molecular flexibility index (Phi) is 5.74. The second kappa shape index (κ2) is 7.85. The Balaban J connectivity index is 1.67. The van der Waals surface area contributed by atoms with Crippen molar-refractivity contribution in [3.63, 3.8) is 0 Å². The number of fused-ring (bicyclic) bond motifs is 1. The molecule has 0 spiro atoms. The smallest absolute Gasteiger partial charge is 0.225 e. The van der Waals surface area contributed by atoms with Crippen LogP contribution in [0, 0.1) is 6.92 Å². The van der Waals surface area contributed by atoms with Crippen molar-refractivity contribution in [1.29, 1.82) is 0 Å². The van der Waals surface area contributed by atoms with Crippen molar-refractivity contribution >= 4 is 17.2 Å². The molecule has 26 heavy (non-hydrogen) atoms. The van der Waals surface area contributed by atoms with E-state index in [2.05, 4.69) is 28.8 Å². The summed E-state index contributed by atoms with van der Waals surface area (Å²) in [6, 6.07) is 1.93. The second-order valence-electron chi connectivity index (χ2n) is 6.96. The summed E-state index contributed by atoms with van der Waals surface area (Å²) in [7, 11) is 3.38. The van der Waals surface area contributed by atoms with Crippen LogP contribution in [-0.4, -0.2) is 56.2 Å². The number of aromatic nitrogens is 3. The summed E-state index contributed by atoms with van der Waals surface area (Å²) < 4.78 is 1.95. The third kappa shape index (κ3) is 4.13. The number of aliphatic hydroxyl groups is 1. The molecular weight excluding hydrogens is 350 g/mol. The number of hydrogen-bond acceptors (Lipinski definition) is 6. The zero-order chi connectivity index (χ0) is 18.8. The van der Waals surface area contributed by atoms with Gasteiger partial charge in [0.05, 0.1) is 35.1 Å². The van der Waals surface area contributed by atoms with Crippen LogP contribution < -0.4 is 0 Å². The molecular formula is C18H27N5O2S. The zero-order valence-electron chi connectivity index (χ0n) is 15.9. The fraction of sp³-hybridized carbons (Fsp3) is 0.611. The molecule has 2 aromatic heterocycles. The average Bonchev–Trinajstić information content (AvgIpc) is 3.17. The molecule has 3 heterocycles. The predicted octanol–water partition coefficient (Wildman–Crippen LogP) is 1.74. The van der Waals surface area contributed by atoms with Gasteiger partial charge in [0.25, 0.3) is 0 Å². The van der Waals surface area contributed by atoms with Crippen molar-refractivity contribution < 1.29 is 9.90 Å². The standard InChI is InChI=1S/C18H27N5O2S/c1-5-14-17(26-12(2)19-14)11-22-6-7-23-13(10-22)8-15(20-23)16(24)9-18(25)21(3)4/h8,16,24H,5-7,9-11H2,1-4H3. The third-order valence-electron chi connectivity index (χ3n) is 4.69. The van der Waals surface area contributed by atoms with E-state index in [-0.39, 0.29) is 12.3 Å². The summed E-state index contributed by atoms with van der Waals surface area (Å²) in [5, 5.41) is 15.9. The summed E-state index contributed by atoms with van der Waals surface area (Å²) in [6.07, 6.45) is 0.168. The minimum absolute atomic E-state index is 0.0627. The normalized spacial score (nSPS) is 15.7. The summed E-state index contributed by atoms with van der Waals surface area (Å²) in [6.45, 7) is 7.61. The van der Waals surface area contributed by atoms with Crippen LogP contribution in [0.2, 0.25) is 0 Å². The number of amides is 1. The molecule has 0 saturated carbocycles. The first-order valence-electron chi connectivity index (χ1n) is 8.99. The van der Waals surface area contributed by atoms with Crippen LogP contribution in [-0.2, 0) is 30.8 Å². The quantitative estimate of drug-likeness (QED) is 0.830. The van der Waals surface area contributed by atoms with Crippen LogP contribution in [0.1, 0.15) is 46.4 Å². The molecule has 1 aliphatic heterocycles. The van der Waals surface area contributed by atoms with Crippen molar-refractivity contribution in [2.45, 2.75) is 52.4 Å². The summed E-state index contributed by atoms with van der Waals surface area (Å²) in [4.78, 5) is 21.6. The molecule has 3 rings (SSSR count). The predicted molar refractivity (Wildman–Crippen MR) is 101 cm³/mol. The second-order valence-corrected chi connectivity index (χ2v) is 8.25. The van der Waals surface area contributed by atoms with E-state index in [0.29, 0.717) is 5.69 Å². The maximum atomic E-state index is 11.8. The molecule has 0 aliphatic carbocycles. The highest BCUT2D eigenvalue weighted by Crippen LogP contribution is 2.25. The molecule has 0 bridgehead atoms. The highest BCUT2D eigenvalue weighted by molar-refractivity contribution is 7.11. The lowest BCUT2D eigenvalue weighted by molar-refractivity contribution is -0.130. The van der Waals surface area contributed by atoms with Crippen LogP contribution in [0.3, 0.4) is 0 Å². The molecule has 0 fully saturated rings. The number of carbonyl (C=O) groups is 1. The molecule has 142 valence electrons. The van der Waals surface area contributed by atoms with Gasteiger partial charge in [0.15, 0.2) is 0 Å². The Morgan fingerprint density at radius 1 is 1.42 bits per heavy atom. The Hall–Kier alpha value is -1.77. The van der Waals surface area contributed by atoms with Gasteiger partial charge in [-0.2, -0.15) is 5.10 Å². The lowest BCUT2D eigenvalue weighted by atomic mass is 10.1. The lowest BCUT2D eigenvalue weighted by Gasteiger charge is -2.27. The number of aliphatic hydroxyl groups excluding tert-OH is 1. The van der Waals surface area contributed by atoms with Gasteiger partial charge in [-0.15, -0.1) is 11.3 Å². The molecule has 1 unspecified atom stereocenters. The number of rotatable bonds is 6. The van der Waals surface area contributed by atoms with E-state index in [0.717, 1.165) is 43.3 Å². The average molecular weight is 378 g/mol. The van der Waals surface area contributed by atoms with E-state index >= 15 is 0 Å². The van der Waals surface area contributed by atoms with E-state index < -0.39 is 6.10 Å². The molecule has 0 saturated heterocycles. The van der Waals surface area contributed by atoms with Gasteiger partial charge in [0.1, 0.15) is 6.10 Å². The minimum atomic E-state index is -0.854. The van der Waals surface area contributed by atoms with E-state index in [1.807, 2.05) is 10.7 Å². The third-order valence-corrected chi connectivity index (χ3v) is 5.69. The van der Waals surface area contributed by atoms with Crippen molar-refractivity contribution in [3.05, 3.63) is 33.0 Å². The van der Waals surface area contributed by atoms with Crippen LogP contribution >= 0.6 is 11.3 Å². The number of nitrogens with zero attached hydrogens (tertiary/aromatic N) is 5. The Morgan fingerprint density at radius 2 is 2.19 bits per heavy atom. The topological polar surface area (TPSA) is 74.5 Å². The Bertz CT molecular complexity index is 783. The number of thiazole rings is 1. The van der Waals surface area contributed by atoms with E-state index in [4.69, 9.17) is 0 Å². The molecule has 8 heteroatoms. The van der Waals surface area contributed by atoms with Gasteiger partial charge < -0.3 is 10.0 Å². The Morgan fingerprint density at radius 3 is 2.88 bits per heavy atom. The van der Waals surface area contributed by atoms with Crippen LogP contribution in [0.4, 0.5) is 0 Å². The van der Waals surface area contributed by atoms with Gasteiger partial charge in [-0.1, -0.05) is 6.92 Å². The van der Waals surface area contributed by atoms with E-state index in [1.54, 1.807) is 25.4 Å². The molecule has 2 aromatic rings. The zero-order valence-corrected chi connectivity index (χ0v) is 16.7. The van der Waals surface area contributed by atoms with E-state index in [1.165, 1.54) is 15.5 Å². The van der Waals surface area contributed by atoms with Crippen molar-refractivity contribution in [2.75, 3.05) is 20.6 Å². The lowest BCUT2D eigenvalue weighted by Crippen LogP contribution is -2.33. The summed E-state index contributed by atoms with van der Waals surface area (Å²) in [5.74, 6) is -0.0993. The van der Waals surface area contributed by atoms with Gasteiger partial charge in [0, 0.05) is 38.6 Å². The molecule has 7 nitrogen and oxygen atoms in total. The van der Waals surface area contributed by atoms with Crippen molar-refractivity contribution in [1.82, 2.24) is 24.6 Å². The first-order chi connectivity index (χ1) is 12.4. The van der Waals surface area contributed by atoms with Gasteiger partial charge in [-0.05, 0) is 19.4 Å². The van der Waals surface area contributed by atoms with Gasteiger partial charge >= 0.3 is 0 Å². The SMILES string of the molecule is CCc1nc(C)sc1CN1CCn2nc(C(O)CC(=O)N(C)C)cc2C1. The molecule has 1 aliphatic rings. The number of aryl methyl sites for hydroxylation is 2. The maximum Gasteiger partial charge on any atom is 0.225 e. The van der Waals surface area contributed by atoms with Crippen LogP contribution in [0.5, 0.6) is 0 Å². The van der Waals surface area contributed by atoms with E-state index in [9.17, 15) is 9.90 Å². The van der Waals surface area contributed by atoms with Crippen LogP contribution in [0.15, 0.2) is 6.07 Å². The number of hydrogen-bond donors (Lipinski definition) is 1. The minimum Gasteiger partial charge on any atom is -0.386 e. The first kappa shape index (κ1) is 19.0. The first-order valence-corrected chi connectivity index (χ1v) is 9.81. The van der Waals surface area contributed by atoms with Gasteiger partial charge in [-0.25, -0.2) is 4.98 Å². The molecule has 1 amide bonds. The maximum absolute atomic E-state index is 11.8. The molecule has 1 N–H and O–H groups in total. The van der Waals surface area contributed by atoms with Gasteiger partial charge in [-0.3, -0.25) is 14.4 Å². The fourth-order valence-electron chi connectivity index (χ4n) is 3.21. The monoisotopic (exact) mass is 377 g/mol. The van der Waals surface area contributed by atoms with Crippen molar-refractivity contribution in [2.24, 2.45) is 0 Å². The fourth-order valence-corrected chi connectivity index (χ4v) is 4.28. The largest absolute Gasteiger partial charge is 0.386 e. The summed E-state index contributed by atoms with van der Waals surface area (Å²) >= 11 is 1.78.